The molecular weight excluding hydrogens is 329 g/mol. The third-order valence-electron chi connectivity index (χ3n) is 4.06. The van der Waals surface area contributed by atoms with Gasteiger partial charge in [0.05, 0.1) is 11.3 Å². The van der Waals surface area contributed by atoms with Crippen molar-refractivity contribution in [2.24, 2.45) is 5.92 Å². The van der Waals surface area contributed by atoms with E-state index in [9.17, 15) is 27.6 Å². The summed E-state index contributed by atoms with van der Waals surface area (Å²) in [5.41, 5.74) is -1.20. The molecule has 0 aromatic carbocycles. The van der Waals surface area contributed by atoms with E-state index in [0.717, 1.165) is 4.90 Å². The van der Waals surface area contributed by atoms with Crippen molar-refractivity contribution in [3.63, 3.8) is 0 Å². The molecule has 1 saturated heterocycles. The van der Waals surface area contributed by atoms with Gasteiger partial charge in [-0.15, -0.1) is 0 Å². The fourth-order valence-electron chi connectivity index (χ4n) is 2.84. The highest BCUT2D eigenvalue weighted by molar-refractivity contribution is 5.95. The number of aromatic amines is 2. The molecule has 7 nitrogen and oxygen atoms in total. The molecule has 1 aliphatic heterocycles. The van der Waals surface area contributed by atoms with Gasteiger partial charge < -0.3 is 4.90 Å². The lowest BCUT2D eigenvalue weighted by Gasteiger charge is -2.18. The van der Waals surface area contributed by atoms with Crippen LogP contribution < -0.4 is 11.2 Å². The number of pyridine rings is 1. The number of halogens is 3. The molecule has 2 N–H and O–H groups in total. The number of likely N-dealkylation sites (tertiary alicyclic amines) is 1. The second-order valence-corrected chi connectivity index (χ2v) is 5.73. The molecule has 0 aliphatic carbocycles. The highest BCUT2D eigenvalue weighted by atomic mass is 19.4. The minimum absolute atomic E-state index is 0.0202. The van der Waals surface area contributed by atoms with Crippen LogP contribution in [0.2, 0.25) is 0 Å². The molecular formula is C14H13F3N4O3. The molecule has 1 fully saturated rings. The van der Waals surface area contributed by atoms with E-state index in [4.69, 9.17) is 0 Å². The Labute approximate surface area is 132 Å². The Hall–Kier alpha value is -2.65. The lowest BCUT2D eigenvalue weighted by molar-refractivity contribution is -0.169. The predicted octanol–water partition coefficient (Wildman–Crippen LogP) is 0.944. The molecule has 24 heavy (non-hydrogen) atoms. The van der Waals surface area contributed by atoms with Gasteiger partial charge in [-0.3, -0.25) is 19.6 Å². The van der Waals surface area contributed by atoms with Gasteiger partial charge in [-0.25, -0.2) is 9.78 Å². The Morgan fingerprint density at radius 1 is 1.33 bits per heavy atom. The first-order valence-electron chi connectivity index (χ1n) is 7.17. The van der Waals surface area contributed by atoms with Gasteiger partial charge in [0, 0.05) is 13.1 Å². The summed E-state index contributed by atoms with van der Waals surface area (Å²) in [4.78, 5) is 44.9. The van der Waals surface area contributed by atoms with E-state index in [2.05, 4.69) is 15.0 Å². The normalized spacial score (nSPS) is 18.3. The zero-order valence-electron chi connectivity index (χ0n) is 12.5. The van der Waals surface area contributed by atoms with E-state index < -0.39 is 35.8 Å². The first-order valence-corrected chi connectivity index (χ1v) is 7.17. The monoisotopic (exact) mass is 342 g/mol. The molecule has 1 aliphatic rings. The van der Waals surface area contributed by atoms with Crippen LogP contribution in [0.25, 0.3) is 11.0 Å². The number of fused-ring (bicyclic) bond motifs is 1. The summed E-state index contributed by atoms with van der Waals surface area (Å²) in [7, 11) is 0. The number of aromatic nitrogens is 3. The number of hydrogen-bond donors (Lipinski definition) is 2. The molecule has 2 aromatic rings. The molecule has 3 rings (SSSR count). The summed E-state index contributed by atoms with van der Waals surface area (Å²) >= 11 is 0. The van der Waals surface area contributed by atoms with E-state index in [1.54, 1.807) is 6.92 Å². The standard InChI is InChI=1S/C14H13F3N4O3/c1-6-4-8(18-10-9(6)11(22)20-13(24)19-10)12(23)21-3-2-7(5-21)14(15,16)17/h4,7H,2-3,5H2,1H3,(H2,18,19,20,22,24). The number of carbonyl (C=O) groups excluding carboxylic acids is 1. The van der Waals surface area contributed by atoms with Gasteiger partial charge in [0.25, 0.3) is 11.5 Å². The maximum absolute atomic E-state index is 12.7. The predicted molar refractivity (Wildman–Crippen MR) is 77.8 cm³/mol. The van der Waals surface area contributed by atoms with Gasteiger partial charge in [-0.1, -0.05) is 0 Å². The van der Waals surface area contributed by atoms with Crippen molar-refractivity contribution in [3.05, 3.63) is 38.2 Å². The van der Waals surface area contributed by atoms with Crippen LogP contribution >= 0.6 is 0 Å². The lowest BCUT2D eigenvalue weighted by Crippen LogP contribution is -2.33. The summed E-state index contributed by atoms with van der Waals surface area (Å²) in [6.45, 7) is 1.11. The number of alkyl halides is 3. The van der Waals surface area contributed by atoms with E-state index in [-0.39, 0.29) is 29.7 Å². The topological polar surface area (TPSA) is 98.9 Å². The molecule has 1 amide bonds. The van der Waals surface area contributed by atoms with Crippen LogP contribution in [0.5, 0.6) is 0 Å². The average molecular weight is 342 g/mol. The minimum atomic E-state index is -4.35. The highest BCUT2D eigenvalue weighted by Crippen LogP contribution is 2.33. The first kappa shape index (κ1) is 16.2. The van der Waals surface area contributed by atoms with Crippen LogP contribution in [-0.2, 0) is 0 Å². The van der Waals surface area contributed by atoms with Crippen LogP contribution in [0, 0.1) is 12.8 Å². The zero-order valence-corrected chi connectivity index (χ0v) is 12.5. The maximum Gasteiger partial charge on any atom is 0.393 e. The number of aryl methyl sites for hydroxylation is 1. The number of carbonyl (C=O) groups is 1. The number of hydrogen-bond acceptors (Lipinski definition) is 4. The molecule has 0 radical (unpaired) electrons. The summed E-state index contributed by atoms with van der Waals surface area (Å²) in [6.07, 6.45) is -4.50. The van der Waals surface area contributed by atoms with Crippen LogP contribution in [0.15, 0.2) is 15.7 Å². The van der Waals surface area contributed by atoms with Crippen LogP contribution in [0.4, 0.5) is 13.2 Å². The number of rotatable bonds is 1. The maximum atomic E-state index is 12.7. The molecule has 1 unspecified atom stereocenters. The third-order valence-corrected chi connectivity index (χ3v) is 4.06. The third kappa shape index (κ3) is 2.79. The number of nitrogens with one attached hydrogen (secondary N) is 2. The van der Waals surface area contributed by atoms with Gasteiger partial charge in [0.1, 0.15) is 11.3 Å². The number of H-pyrrole nitrogens is 2. The van der Waals surface area contributed by atoms with Crippen LogP contribution in [0.3, 0.4) is 0 Å². The second kappa shape index (κ2) is 5.46. The van der Waals surface area contributed by atoms with Crippen molar-refractivity contribution in [1.29, 1.82) is 0 Å². The molecule has 128 valence electrons. The summed E-state index contributed by atoms with van der Waals surface area (Å²) in [6, 6.07) is 1.33. The lowest BCUT2D eigenvalue weighted by atomic mass is 10.1. The Kier molecular flexibility index (Phi) is 3.69. The van der Waals surface area contributed by atoms with Gasteiger partial charge in [-0.05, 0) is 25.0 Å². The van der Waals surface area contributed by atoms with Crippen molar-refractivity contribution in [3.8, 4) is 0 Å². The van der Waals surface area contributed by atoms with E-state index >= 15 is 0 Å². The van der Waals surface area contributed by atoms with Crippen LogP contribution in [-0.4, -0.2) is 45.0 Å². The number of nitrogens with zero attached hydrogens (tertiary/aromatic N) is 2. The van der Waals surface area contributed by atoms with Gasteiger partial charge >= 0.3 is 11.9 Å². The SMILES string of the molecule is Cc1cc(C(=O)N2CCC(C(F)(F)F)C2)nc2[nH]c(=O)[nH]c(=O)c12. The van der Waals surface area contributed by atoms with Gasteiger partial charge in [-0.2, -0.15) is 13.2 Å². The van der Waals surface area contributed by atoms with Crippen molar-refractivity contribution in [2.75, 3.05) is 13.1 Å². The Morgan fingerprint density at radius 2 is 2.04 bits per heavy atom. The fraction of sp³-hybridized carbons (Fsp3) is 0.429. The minimum Gasteiger partial charge on any atom is -0.337 e. The van der Waals surface area contributed by atoms with Gasteiger partial charge in [0.2, 0.25) is 0 Å². The largest absolute Gasteiger partial charge is 0.393 e. The Balaban J connectivity index is 1.97. The van der Waals surface area contributed by atoms with E-state index in [1.165, 1.54) is 6.07 Å². The van der Waals surface area contributed by atoms with Crippen molar-refractivity contribution < 1.29 is 18.0 Å². The summed E-state index contributed by atoms with van der Waals surface area (Å²) < 4.78 is 38.2. The molecule has 1 atom stereocenters. The van der Waals surface area contributed by atoms with E-state index in [0.29, 0.717) is 5.56 Å². The average Bonchev–Trinajstić information content (AvgIpc) is 2.94. The molecule has 3 heterocycles. The highest BCUT2D eigenvalue weighted by Gasteiger charge is 2.44. The van der Waals surface area contributed by atoms with E-state index in [1.807, 2.05) is 0 Å². The first-order chi connectivity index (χ1) is 11.2. The van der Waals surface area contributed by atoms with Crippen molar-refractivity contribution in [1.82, 2.24) is 19.9 Å². The zero-order chi connectivity index (χ0) is 17.6. The summed E-state index contributed by atoms with van der Waals surface area (Å²) in [5.74, 6) is -2.21. The van der Waals surface area contributed by atoms with Crippen molar-refractivity contribution >= 4 is 16.9 Å². The molecule has 10 heteroatoms. The Morgan fingerprint density at radius 3 is 2.67 bits per heavy atom. The second-order valence-electron chi connectivity index (χ2n) is 5.73. The van der Waals surface area contributed by atoms with Crippen LogP contribution in [0.1, 0.15) is 22.5 Å². The smallest absolute Gasteiger partial charge is 0.337 e. The quantitative estimate of drug-likeness (QED) is 0.806. The molecule has 0 spiro atoms. The van der Waals surface area contributed by atoms with Gasteiger partial charge in [0.15, 0.2) is 0 Å². The number of amides is 1. The molecule has 2 aromatic heterocycles. The molecule has 0 bridgehead atoms. The molecule has 0 saturated carbocycles. The fourth-order valence-corrected chi connectivity index (χ4v) is 2.84. The van der Waals surface area contributed by atoms with Crippen molar-refractivity contribution in [2.45, 2.75) is 19.5 Å². The Bertz CT molecular complexity index is 931. The summed E-state index contributed by atoms with van der Waals surface area (Å²) in [5, 5.41) is 0.126.